The minimum Gasteiger partial charge on any atom is -0.382 e. The largest absolute Gasteiger partial charge is 0.382 e. The second-order valence-corrected chi connectivity index (χ2v) is 7.01. The van der Waals surface area contributed by atoms with Gasteiger partial charge in [0.1, 0.15) is 10.3 Å². The molecule has 0 saturated heterocycles. The number of Topliss-reactive ketones (excluding diaryl/α,β-unsaturated/α-hetero) is 1. The number of allylic oxidation sites excluding steroid dienone is 1. The first-order valence-electron chi connectivity index (χ1n) is 5.33. The quantitative estimate of drug-likeness (QED) is 0.565. The van der Waals surface area contributed by atoms with E-state index in [1.165, 1.54) is 18.1 Å². The lowest BCUT2D eigenvalue weighted by molar-refractivity contribution is 0.103. The molecule has 0 atom stereocenters. The fourth-order valence-corrected chi connectivity index (χ4v) is 3.41. The predicted molar refractivity (Wildman–Crippen MR) is 75.4 cm³/mol. The van der Waals surface area contributed by atoms with E-state index in [-0.39, 0.29) is 16.3 Å². The zero-order valence-corrected chi connectivity index (χ0v) is 13.0. The third kappa shape index (κ3) is 2.25. The summed E-state index contributed by atoms with van der Waals surface area (Å²) >= 11 is 3.18. The van der Waals surface area contributed by atoms with Gasteiger partial charge in [-0.05, 0) is 28.1 Å². The molecule has 0 fully saturated rings. The van der Waals surface area contributed by atoms with E-state index in [4.69, 9.17) is 0 Å². The van der Waals surface area contributed by atoms with Gasteiger partial charge in [-0.2, -0.15) is 0 Å². The molecule has 1 aromatic rings. The first-order valence-corrected chi connectivity index (χ1v) is 7.57. The van der Waals surface area contributed by atoms with Crippen LogP contribution in [0.15, 0.2) is 27.8 Å². The summed E-state index contributed by atoms with van der Waals surface area (Å²) in [5, 5.41) is 0. The Kier molecular flexibility index (Phi) is 3.40. The van der Waals surface area contributed by atoms with Crippen molar-refractivity contribution in [3.8, 4) is 0 Å². The van der Waals surface area contributed by atoms with Gasteiger partial charge >= 0.3 is 0 Å². The fourth-order valence-electron chi connectivity index (χ4n) is 1.72. The number of nitrogens with zero attached hydrogens (tertiary/aromatic N) is 3. The zero-order chi connectivity index (χ0) is 14.4. The molecule has 102 valence electrons. The van der Waals surface area contributed by atoms with Gasteiger partial charge < -0.3 is 4.90 Å². The van der Waals surface area contributed by atoms with Crippen molar-refractivity contribution in [1.82, 2.24) is 9.88 Å². The normalized spacial score (nSPS) is 19.5. The van der Waals surface area contributed by atoms with Crippen molar-refractivity contribution in [2.24, 2.45) is 0 Å². The molecule has 8 heteroatoms. The van der Waals surface area contributed by atoms with E-state index in [0.717, 1.165) is 4.31 Å². The number of ketones is 1. The molecule has 19 heavy (non-hydrogen) atoms. The molecule has 2 heterocycles. The van der Waals surface area contributed by atoms with E-state index < -0.39 is 15.8 Å². The Labute approximate surface area is 119 Å². The number of anilines is 1. The van der Waals surface area contributed by atoms with E-state index in [1.54, 1.807) is 26.2 Å². The number of rotatable bonds is 1. The van der Waals surface area contributed by atoms with Crippen molar-refractivity contribution in [2.45, 2.75) is 0 Å². The highest BCUT2D eigenvalue weighted by atomic mass is 79.9. The smallest absolute Gasteiger partial charge is 0.269 e. The highest BCUT2D eigenvalue weighted by Crippen LogP contribution is 2.33. The third-order valence-corrected chi connectivity index (χ3v) is 4.84. The maximum absolute atomic E-state index is 12.3. The Balaban J connectivity index is 2.75. The minimum absolute atomic E-state index is 0.125. The molecule has 0 radical (unpaired) electrons. The van der Waals surface area contributed by atoms with Gasteiger partial charge in [0.05, 0.1) is 5.69 Å². The maximum atomic E-state index is 12.3. The van der Waals surface area contributed by atoms with Crippen LogP contribution in [-0.4, -0.2) is 45.2 Å². The molecular formula is C11H12BrN3O3S. The molecule has 1 aliphatic heterocycles. The van der Waals surface area contributed by atoms with Crippen LogP contribution in [0.1, 0.15) is 10.5 Å². The summed E-state index contributed by atoms with van der Waals surface area (Å²) in [5.74, 6) is -0.594. The van der Waals surface area contributed by atoms with Crippen LogP contribution in [0.3, 0.4) is 0 Å². The fraction of sp³-hybridized carbons (Fsp3) is 0.273. The molecule has 2 rings (SSSR count). The van der Waals surface area contributed by atoms with Gasteiger partial charge in [-0.1, -0.05) is 0 Å². The highest BCUT2D eigenvalue weighted by Gasteiger charge is 2.39. The summed E-state index contributed by atoms with van der Waals surface area (Å²) in [6.07, 6.45) is 1.29. The number of carbonyl (C=O) groups excluding carboxylic acids is 1. The second-order valence-electron chi connectivity index (χ2n) is 4.26. The number of hydrogen-bond acceptors (Lipinski definition) is 5. The molecule has 0 bridgehead atoms. The minimum atomic E-state index is -3.82. The predicted octanol–water partition coefficient (Wildman–Crippen LogP) is 1.21. The molecule has 0 aliphatic carbocycles. The summed E-state index contributed by atoms with van der Waals surface area (Å²) in [5.41, 5.74) is 0.406. The highest BCUT2D eigenvalue weighted by molar-refractivity contribution is 9.10. The topological polar surface area (TPSA) is 70.6 Å². The van der Waals surface area contributed by atoms with Crippen molar-refractivity contribution in [3.63, 3.8) is 0 Å². The summed E-state index contributed by atoms with van der Waals surface area (Å²) in [4.78, 5) is 17.6. The van der Waals surface area contributed by atoms with Gasteiger partial charge in [0.15, 0.2) is 4.91 Å². The molecule has 1 aromatic heterocycles. The summed E-state index contributed by atoms with van der Waals surface area (Å²) in [6.45, 7) is 0. The van der Waals surface area contributed by atoms with Crippen LogP contribution in [0.4, 0.5) is 5.69 Å². The number of fused-ring (bicyclic) bond motifs is 1. The Hall–Kier alpha value is -1.41. The van der Waals surface area contributed by atoms with Gasteiger partial charge in [0, 0.05) is 27.3 Å². The number of aromatic nitrogens is 1. The van der Waals surface area contributed by atoms with Gasteiger partial charge in [-0.3, -0.25) is 9.10 Å². The van der Waals surface area contributed by atoms with Crippen LogP contribution in [0, 0.1) is 0 Å². The van der Waals surface area contributed by atoms with Gasteiger partial charge in [-0.25, -0.2) is 13.4 Å². The molecule has 1 aliphatic rings. The first kappa shape index (κ1) is 14.0. The van der Waals surface area contributed by atoms with Gasteiger partial charge in [0.2, 0.25) is 5.78 Å². The molecule has 0 amide bonds. The van der Waals surface area contributed by atoms with Crippen LogP contribution < -0.4 is 4.31 Å². The lowest BCUT2D eigenvalue weighted by Crippen LogP contribution is -2.37. The molecule has 0 saturated carbocycles. The number of sulfonamides is 1. The Morgan fingerprint density at radius 1 is 1.37 bits per heavy atom. The van der Waals surface area contributed by atoms with E-state index in [1.807, 2.05) is 0 Å². The van der Waals surface area contributed by atoms with Crippen LogP contribution in [0.5, 0.6) is 0 Å². The SMILES string of the molecule is CN(C)C=C1C(=O)c2nc(Br)ccc2N(C)S1(=O)=O. The molecule has 6 nitrogen and oxygen atoms in total. The van der Waals surface area contributed by atoms with Crippen LogP contribution in [0.2, 0.25) is 0 Å². The van der Waals surface area contributed by atoms with Crippen molar-refractivity contribution in [3.05, 3.63) is 33.5 Å². The molecule has 0 aromatic carbocycles. The van der Waals surface area contributed by atoms with E-state index >= 15 is 0 Å². The molecule has 0 unspecified atom stereocenters. The van der Waals surface area contributed by atoms with Crippen LogP contribution in [0.25, 0.3) is 0 Å². The summed E-state index contributed by atoms with van der Waals surface area (Å²) < 4.78 is 26.1. The van der Waals surface area contributed by atoms with E-state index in [9.17, 15) is 13.2 Å². The van der Waals surface area contributed by atoms with Gasteiger partial charge in [0.25, 0.3) is 10.0 Å². The maximum Gasteiger partial charge on any atom is 0.269 e. The second kappa shape index (κ2) is 4.61. The van der Waals surface area contributed by atoms with Crippen molar-refractivity contribution in [1.29, 1.82) is 0 Å². The van der Waals surface area contributed by atoms with Crippen LogP contribution in [-0.2, 0) is 10.0 Å². The zero-order valence-electron chi connectivity index (χ0n) is 10.6. The number of halogens is 1. The Morgan fingerprint density at radius 3 is 2.58 bits per heavy atom. The number of carbonyl (C=O) groups is 1. The average molecular weight is 346 g/mol. The Morgan fingerprint density at radius 2 is 2.00 bits per heavy atom. The number of hydrogen-bond donors (Lipinski definition) is 0. The molecule has 0 spiro atoms. The van der Waals surface area contributed by atoms with Gasteiger partial charge in [-0.15, -0.1) is 0 Å². The first-order chi connectivity index (χ1) is 8.75. The third-order valence-electron chi connectivity index (χ3n) is 2.63. The lowest BCUT2D eigenvalue weighted by atomic mass is 10.2. The number of pyridine rings is 1. The average Bonchev–Trinajstić information content (AvgIpc) is 2.32. The molecular weight excluding hydrogens is 334 g/mol. The van der Waals surface area contributed by atoms with Crippen LogP contribution >= 0.6 is 15.9 Å². The van der Waals surface area contributed by atoms with Crippen molar-refractivity contribution in [2.75, 3.05) is 25.4 Å². The van der Waals surface area contributed by atoms with Crippen molar-refractivity contribution >= 4 is 37.4 Å². The standard InChI is InChI=1S/C11H12BrN3O3S/c1-14(2)6-8-11(16)10-7(4-5-9(12)13-10)15(3)19(8,17)18/h4-6H,1-3H3. The summed E-state index contributed by atoms with van der Waals surface area (Å²) in [6, 6.07) is 3.15. The Bertz CT molecular complexity index is 682. The van der Waals surface area contributed by atoms with Crippen molar-refractivity contribution < 1.29 is 13.2 Å². The molecule has 0 N–H and O–H groups in total. The van der Waals surface area contributed by atoms with E-state index in [0.29, 0.717) is 4.60 Å². The van der Waals surface area contributed by atoms with E-state index in [2.05, 4.69) is 20.9 Å². The monoisotopic (exact) mass is 345 g/mol. The summed E-state index contributed by atoms with van der Waals surface area (Å²) in [7, 11) is 0.883. The lowest BCUT2D eigenvalue weighted by Gasteiger charge is -2.27.